The van der Waals surface area contributed by atoms with Gasteiger partial charge in [0.1, 0.15) is 0 Å². The first-order valence-corrected chi connectivity index (χ1v) is 9.45. The number of hydrogen-bond donors (Lipinski definition) is 1. The van der Waals surface area contributed by atoms with Crippen LogP contribution in [0.2, 0.25) is 5.02 Å². The minimum atomic E-state index is -0.318. The maximum absolute atomic E-state index is 12.1. The largest absolute Gasteiger partial charge is 0.277 e. The number of benzene rings is 3. The fraction of sp³-hybridized carbons (Fsp3) is 0.0476. The van der Waals surface area contributed by atoms with Gasteiger partial charge in [-0.2, -0.15) is 0 Å². The van der Waals surface area contributed by atoms with Crippen molar-refractivity contribution >= 4 is 40.7 Å². The Hall–Kier alpha value is -2.60. The van der Waals surface area contributed by atoms with Crippen molar-refractivity contribution in [3.8, 4) is 0 Å². The normalized spacial score (nSPS) is 12.4. The maximum Gasteiger partial charge on any atom is 0.274 e. The second-order valence-electron chi connectivity index (χ2n) is 5.86. The number of amides is 1. The van der Waals surface area contributed by atoms with Gasteiger partial charge in [-0.15, -0.1) is 0 Å². The van der Waals surface area contributed by atoms with Gasteiger partial charge in [0.2, 0.25) is 0 Å². The summed E-state index contributed by atoms with van der Waals surface area (Å²) in [5, 5.41) is 0.632. The molecule has 0 radical (unpaired) electrons. The third kappa shape index (κ3) is 3.49. The zero-order valence-electron chi connectivity index (χ0n) is 14.4. The van der Waals surface area contributed by atoms with Crippen molar-refractivity contribution in [1.82, 2.24) is 5.48 Å². The molecule has 0 atom stereocenters. The van der Waals surface area contributed by atoms with Crippen molar-refractivity contribution in [1.29, 1.82) is 0 Å². The summed E-state index contributed by atoms with van der Waals surface area (Å²) in [6.45, 7) is 0. The lowest BCUT2D eigenvalue weighted by molar-refractivity contribution is 0.0537. The number of carbonyl (C=O) groups excluding carboxylic acids is 1. The Labute approximate surface area is 166 Å². The van der Waals surface area contributed by atoms with Crippen molar-refractivity contribution in [2.75, 3.05) is 7.11 Å². The van der Waals surface area contributed by atoms with Crippen LogP contribution < -0.4 is 5.48 Å². The molecule has 1 amide bonds. The monoisotopic (exact) mass is 394 g/mol. The van der Waals surface area contributed by atoms with E-state index in [0.717, 1.165) is 32.3 Å². The Kier molecular flexibility index (Phi) is 4.99. The molecule has 0 aliphatic carbocycles. The average Bonchev–Trinajstić information content (AvgIpc) is 2.84. The Morgan fingerprint density at radius 3 is 2.52 bits per heavy atom. The van der Waals surface area contributed by atoms with E-state index < -0.39 is 0 Å². The number of halogens is 1. The Morgan fingerprint density at radius 1 is 1.00 bits per heavy atom. The SMILES string of the molecule is CONC(=O)c1ccc2c(c1)N=C(c1ccccc1Cl)c1ccccc1S2. The minimum Gasteiger partial charge on any atom is -0.277 e. The molecule has 0 bridgehead atoms. The smallest absolute Gasteiger partial charge is 0.274 e. The van der Waals surface area contributed by atoms with Crippen LogP contribution in [0.3, 0.4) is 0 Å². The average molecular weight is 395 g/mol. The number of aliphatic imine (C=N–C) groups is 1. The van der Waals surface area contributed by atoms with Crippen LogP contribution in [0.1, 0.15) is 21.5 Å². The quantitative estimate of drug-likeness (QED) is 0.482. The van der Waals surface area contributed by atoms with E-state index in [0.29, 0.717) is 10.6 Å². The van der Waals surface area contributed by atoms with E-state index in [2.05, 4.69) is 11.5 Å². The summed E-state index contributed by atoms with van der Waals surface area (Å²) in [6.07, 6.45) is 0. The van der Waals surface area contributed by atoms with E-state index in [-0.39, 0.29) is 5.91 Å². The van der Waals surface area contributed by atoms with Gasteiger partial charge in [-0.3, -0.25) is 9.63 Å². The fourth-order valence-corrected chi connectivity index (χ4v) is 4.12. The Balaban J connectivity index is 1.92. The first kappa shape index (κ1) is 17.8. The van der Waals surface area contributed by atoms with Crippen molar-refractivity contribution in [3.05, 3.63) is 88.4 Å². The molecule has 0 unspecified atom stereocenters. The van der Waals surface area contributed by atoms with E-state index in [1.54, 1.807) is 23.9 Å². The minimum absolute atomic E-state index is 0.318. The van der Waals surface area contributed by atoms with Crippen molar-refractivity contribution in [2.24, 2.45) is 4.99 Å². The summed E-state index contributed by atoms with van der Waals surface area (Å²) < 4.78 is 0. The molecule has 0 saturated carbocycles. The van der Waals surface area contributed by atoms with Gasteiger partial charge in [-0.1, -0.05) is 59.8 Å². The number of hydroxylamine groups is 1. The molecule has 3 aromatic carbocycles. The second-order valence-corrected chi connectivity index (χ2v) is 7.35. The molecule has 1 aliphatic heterocycles. The Bertz CT molecular complexity index is 1070. The van der Waals surface area contributed by atoms with E-state index in [4.69, 9.17) is 21.4 Å². The van der Waals surface area contributed by atoms with Crippen LogP contribution in [-0.4, -0.2) is 18.7 Å². The number of carbonyl (C=O) groups is 1. The second kappa shape index (κ2) is 7.56. The lowest BCUT2D eigenvalue weighted by Gasteiger charge is -2.10. The molecule has 0 saturated heterocycles. The molecule has 1 aliphatic rings. The van der Waals surface area contributed by atoms with Crippen LogP contribution in [0.15, 0.2) is 81.5 Å². The molecule has 4 nitrogen and oxygen atoms in total. The molecule has 134 valence electrons. The van der Waals surface area contributed by atoms with Crippen LogP contribution in [-0.2, 0) is 4.84 Å². The third-order valence-corrected chi connectivity index (χ3v) is 5.61. The van der Waals surface area contributed by atoms with Crippen molar-refractivity contribution < 1.29 is 9.63 Å². The van der Waals surface area contributed by atoms with Crippen LogP contribution in [0.4, 0.5) is 5.69 Å². The molecule has 0 aromatic heterocycles. The van der Waals surface area contributed by atoms with Crippen LogP contribution >= 0.6 is 23.4 Å². The highest BCUT2D eigenvalue weighted by atomic mass is 35.5. The van der Waals surface area contributed by atoms with Crippen molar-refractivity contribution in [3.63, 3.8) is 0 Å². The molecule has 0 spiro atoms. The summed E-state index contributed by atoms with van der Waals surface area (Å²) in [5.41, 5.74) is 6.18. The summed E-state index contributed by atoms with van der Waals surface area (Å²) in [6, 6.07) is 21.2. The lowest BCUT2D eigenvalue weighted by Crippen LogP contribution is -2.21. The number of nitrogens with zero attached hydrogens (tertiary/aromatic N) is 1. The zero-order valence-corrected chi connectivity index (χ0v) is 16.0. The summed E-state index contributed by atoms with van der Waals surface area (Å²) in [4.78, 5) is 23.8. The molecule has 0 fully saturated rings. The van der Waals surface area contributed by atoms with Crippen LogP contribution in [0.5, 0.6) is 0 Å². The molecular formula is C21H15ClN2O2S. The van der Waals surface area contributed by atoms with Gasteiger partial charge in [0, 0.05) is 31.5 Å². The molecule has 27 heavy (non-hydrogen) atoms. The van der Waals surface area contributed by atoms with Gasteiger partial charge < -0.3 is 0 Å². The summed E-state index contributed by atoms with van der Waals surface area (Å²) in [7, 11) is 1.40. The third-order valence-electron chi connectivity index (χ3n) is 4.14. The highest BCUT2D eigenvalue weighted by molar-refractivity contribution is 7.99. The van der Waals surface area contributed by atoms with Crippen LogP contribution in [0.25, 0.3) is 0 Å². The molecule has 3 aromatic rings. The van der Waals surface area contributed by atoms with Gasteiger partial charge in [0.15, 0.2) is 0 Å². The predicted octanol–water partition coefficient (Wildman–Crippen LogP) is 5.26. The first-order valence-electron chi connectivity index (χ1n) is 8.25. The standard InChI is InChI=1S/C21H15ClN2O2S/c1-26-24-21(25)13-10-11-19-17(12-13)23-20(14-6-2-4-8-16(14)22)15-7-3-5-9-18(15)27-19/h2-12H,1H3,(H,24,25). The van der Waals surface area contributed by atoms with E-state index >= 15 is 0 Å². The summed E-state index contributed by atoms with van der Waals surface area (Å²) >= 11 is 8.08. The molecule has 1 heterocycles. The molecular weight excluding hydrogens is 380 g/mol. The fourth-order valence-electron chi connectivity index (χ4n) is 2.89. The maximum atomic E-state index is 12.1. The first-order chi connectivity index (χ1) is 13.2. The lowest BCUT2D eigenvalue weighted by atomic mass is 10.0. The summed E-state index contributed by atoms with van der Waals surface area (Å²) in [5.74, 6) is -0.318. The molecule has 6 heteroatoms. The van der Waals surface area contributed by atoms with Gasteiger partial charge >= 0.3 is 0 Å². The highest BCUT2D eigenvalue weighted by Crippen LogP contribution is 2.42. The van der Waals surface area contributed by atoms with Gasteiger partial charge in [0.05, 0.1) is 18.5 Å². The number of fused-ring (bicyclic) bond motifs is 2. The molecule has 1 N–H and O–H groups in total. The zero-order chi connectivity index (χ0) is 18.8. The Morgan fingerprint density at radius 2 is 1.74 bits per heavy atom. The van der Waals surface area contributed by atoms with Gasteiger partial charge in [0.25, 0.3) is 5.91 Å². The molecule has 4 rings (SSSR count). The number of nitrogens with one attached hydrogen (secondary N) is 1. The van der Waals surface area contributed by atoms with Crippen molar-refractivity contribution in [2.45, 2.75) is 9.79 Å². The van der Waals surface area contributed by atoms with E-state index in [9.17, 15) is 4.79 Å². The number of rotatable bonds is 3. The van der Waals surface area contributed by atoms with Gasteiger partial charge in [-0.25, -0.2) is 10.5 Å². The predicted molar refractivity (Wildman–Crippen MR) is 108 cm³/mol. The number of hydrogen-bond acceptors (Lipinski definition) is 4. The van der Waals surface area contributed by atoms with E-state index in [1.165, 1.54) is 7.11 Å². The topological polar surface area (TPSA) is 50.7 Å². The van der Waals surface area contributed by atoms with E-state index in [1.807, 2.05) is 48.5 Å². The van der Waals surface area contributed by atoms with Crippen LogP contribution in [0, 0.1) is 0 Å². The highest BCUT2D eigenvalue weighted by Gasteiger charge is 2.21. The van der Waals surface area contributed by atoms with Gasteiger partial charge in [-0.05, 0) is 30.3 Å².